The molecule has 1 atom stereocenters. The highest BCUT2D eigenvalue weighted by atomic mass is 79.9. The van der Waals surface area contributed by atoms with E-state index in [-0.39, 0.29) is 17.2 Å². The molecule has 2 aromatic carbocycles. The highest BCUT2D eigenvalue weighted by molar-refractivity contribution is 9.10. The summed E-state index contributed by atoms with van der Waals surface area (Å²) in [5, 5.41) is 3.95. The van der Waals surface area contributed by atoms with E-state index in [1.165, 1.54) is 12.1 Å². The average molecular weight is 462 g/mol. The van der Waals surface area contributed by atoms with Gasteiger partial charge in [-0.05, 0) is 49.7 Å². The number of aromatic nitrogens is 2. The molecule has 144 valence electrons. The van der Waals surface area contributed by atoms with Gasteiger partial charge in [-0.3, -0.25) is 4.79 Å². The third-order valence-electron chi connectivity index (χ3n) is 4.57. The zero-order valence-corrected chi connectivity index (χ0v) is 17.3. The molecule has 9 heteroatoms. The predicted octanol–water partition coefficient (Wildman–Crippen LogP) is 3.86. The molecule has 2 heterocycles. The van der Waals surface area contributed by atoms with Crippen molar-refractivity contribution < 1.29 is 17.7 Å². The molecule has 3 aromatic rings. The van der Waals surface area contributed by atoms with Crippen LogP contribution in [0.25, 0.3) is 11.4 Å². The van der Waals surface area contributed by atoms with Gasteiger partial charge >= 0.3 is 0 Å². The first-order chi connectivity index (χ1) is 13.4. The van der Waals surface area contributed by atoms with Crippen molar-refractivity contribution >= 4 is 31.9 Å². The minimum absolute atomic E-state index is 0.0611. The summed E-state index contributed by atoms with van der Waals surface area (Å²) in [6, 6.07) is 12.9. The van der Waals surface area contributed by atoms with E-state index in [1.54, 1.807) is 12.1 Å². The van der Waals surface area contributed by atoms with Gasteiger partial charge in [-0.25, -0.2) is 12.7 Å². The van der Waals surface area contributed by atoms with Crippen LogP contribution in [0.15, 0.2) is 62.4 Å². The molecule has 0 spiro atoms. The second-order valence-corrected chi connectivity index (χ2v) is 9.26. The van der Waals surface area contributed by atoms with Crippen molar-refractivity contribution in [3.05, 3.63) is 64.5 Å². The first kappa shape index (κ1) is 18.8. The lowest BCUT2D eigenvalue weighted by molar-refractivity contribution is -0.124. The van der Waals surface area contributed by atoms with Gasteiger partial charge in [-0.15, -0.1) is 0 Å². The van der Waals surface area contributed by atoms with E-state index in [1.807, 2.05) is 31.2 Å². The zero-order valence-electron chi connectivity index (χ0n) is 14.9. The molecule has 0 unspecified atom stereocenters. The molecule has 1 aliphatic heterocycles. The van der Waals surface area contributed by atoms with Crippen molar-refractivity contribution in [2.45, 2.75) is 30.7 Å². The fourth-order valence-electron chi connectivity index (χ4n) is 3.10. The maximum Gasteiger partial charge on any atom is 0.267 e. The highest BCUT2D eigenvalue weighted by Gasteiger charge is 2.44. The molecule has 7 nitrogen and oxygen atoms in total. The Bertz CT molecular complexity index is 1120. The molecule has 1 fully saturated rings. The minimum atomic E-state index is -4.01. The maximum atomic E-state index is 13.1. The second kappa shape index (κ2) is 7.14. The Balaban J connectivity index is 1.69. The van der Waals surface area contributed by atoms with Crippen molar-refractivity contribution in [3.8, 4) is 11.4 Å². The number of nitrogens with zero attached hydrogens (tertiary/aromatic N) is 3. The number of benzene rings is 2. The Morgan fingerprint density at radius 3 is 2.46 bits per heavy atom. The molecule has 0 saturated carbocycles. The van der Waals surface area contributed by atoms with Gasteiger partial charge < -0.3 is 4.52 Å². The minimum Gasteiger partial charge on any atom is -0.337 e. The lowest BCUT2D eigenvalue weighted by Crippen LogP contribution is -2.34. The normalized spacial score (nSPS) is 17.3. The number of sulfonamides is 1. The van der Waals surface area contributed by atoms with E-state index in [9.17, 15) is 13.2 Å². The van der Waals surface area contributed by atoms with E-state index in [4.69, 9.17) is 4.52 Å². The summed E-state index contributed by atoms with van der Waals surface area (Å²) in [6.45, 7) is 1.86. The summed E-state index contributed by atoms with van der Waals surface area (Å²) >= 11 is 3.36. The van der Waals surface area contributed by atoms with E-state index in [2.05, 4.69) is 26.1 Å². The van der Waals surface area contributed by atoms with Crippen LogP contribution < -0.4 is 0 Å². The standard InChI is InChI=1S/C19H16BrN3O4S/c1-12-2-8-15(9-3-12)28(25,26)23-16(10-11-17(23)24)19-21-18(22-27-19)13-4-6-14(20)7-5-13/h2-9,16H,10-11H2,1H3/t16-/m1/s1. The van der Waals surface area contributed by atoms with Crippen LogP contribution in [0.2, 0.25) is 0 Å². The summed E-state index contributed by atoms with van der Waals surface area (Å²) in [7, 11) is -4.01. The number of hydrogen-bond acceptors (Lipinski definition) is 6. The molecule has 28 heavy (non-hydrogen) atoms. The monoisotopic (exact) mass is 461 g/mol. The van der Waals surface area contributed by atoms with Crippen molar-refractivity contribution in [3.63, 3.8) is 0 Å². The van der Waals surface area contributed by atoms with Crippen LogP contribution >= 0.6 is 15.9 Å². The lowest BCUT2D eigenvalue weighted by Gasteiger charge is -2.21. The fraction of sp³-hybridized carbons (Fsp3) is 0.211. The molecular formula is C19H16BrN3O4S. The Kier molecular flexibility index (Phi) is 4.80. The van der Waals surface area contributed by atoms with Crippen LogP contribution in [0.1, 0.15) is 30.3 Å². The third kappa shape index (κ3) is 3.35. The molecule has 1 saturated heterocycles. The quantitative estimate of drug-likeness (QED) is 0.585. The van der Waals surface area contributed by atoms with Gasteiger partial charge in [0.1, 0.15) is 6.04 Å². The maximum absolute atomic E-state index is 13.1. The van der Waals surface area contributed by atoms with Gasteiger partial charge in [0.15, 0.2) is 0 Å². The van der Waals surface area contributed by atoms with Crippen molar-refractivity contribution in [1.29, 1.82) is 0 Å². The second-order valence-electron chi connectivity index (χ2n) is 6.53. The van der Waals surface area contributed by atoms with Crippen molar-refractivity contribution in [2.24, 2.45) is 0 Å². The molecule has 1 amide bonds. The van der Waals surface area contributed by atoms with Gasteiger partial charge in [0.2, 0.25) is 11.7 Å². The zero-order chi connectivity index (χ0) is 19.9. The van der Waals surface area contributed by atoms with E-state index >= 15 is 0 Å². The summed E-state index contributed by atoms with van der Waals surface area (Å²) in [5.41, 5.74) is 1.66. The van der Waals surface area contributed by atoms with Crippen LogP contribution in [-0.2, 0) is 14.8 Å². The first-order valence-corrected chi connectivity index (χ1v) is 10.8. The number of rotatable bonds is 4. The van der Waals surface area contributed by atoms with Crippen LogP contribution in [-0.4, -0.2) is 28.8 Å². The van der Waals surface area contributed by atoms with Gasteiger partial charge in [0.05, 0.1) is 4.90 Å². The highest BCUT2D eigenvalue weighted by Crippen LogP contribution is 2.37. The average Bonchev–Trinajstić information content (AvgIpc) is 3.29. The van der Waals surface area contributed by atoms with Crippen LogP contribution in [0.5, 0.6) is 0 Å². The SMILES string of the molecule is Cc1ccc(S(=O)(=O)N2C(=O)CC[C@@H]2c2nc(-c3ccc(Br)cc3)no2)cc1. The Morgan fingerprint density at radius 2 is 1.79 bits per heavy atom. The molecule has 1 aliphatic rings. The summed E-state index contributed by atoms with van der Waals surface area (Å²) in [4.78, 5) is 16.8. The number of hydrogen-bond donors (Lipinski definition) is 0. The Labute approximate surface area is 170 Å². The van der Waals surface area contributed by atoms with Gasteiger partial charge in [-0.2, -0.15) is 4.98 Å². The van der Waals surface area contributed by atoms with Crippen LogP contribution in [0, 0.1) is 6.92 Å². The predicted molar refractivity (Wildman–Crippen MR) is 105 cm³/mol. The van der Waals surface area contributed by atoms with Crippen molar-refractivity contribution in [1.82, 2.24) is 14.4 Å². The Morgan fingerprint density at radius 1 is 1.11 bits per heavy atom. The molecule has 0 bridgehead atoms. The molecule has 1 aromatic heterocycles. The molecule has 0 aliphatic carbocycles. The fourth-order valence-corrected chi connectivity index (χ4v) is 4.96. The lowest BCUT2D eigenvalue weighted by atomic mass is 10.2. The number of aryl methyl sites for hydroxylation is 1. The van der Waals surface area contributed by atoms with Gasteiger partial charge in [-0.1, -0.05) is 38.8 Å². The van der Waals surface area contributed by atoms with Crippen molar-refractivity contribution in [2.75, 3.05) is 0 Å². The number of amides is 1. The molecule has 4 rings (SSSR count). The smallest absolute Gasteiger partial charge is 0.267 e. The topological polar surface area (TPSA) is 93.4 Å². The number of halogens is 1. The largest absolute Gasteiger partial charge is 0.337 e. The summed E-state index contributed by atoms with van der Waals surface area (Å²) in [5.74, 6) is -0.0250. The number of carbonyl (C=O) groups is 1. The van der Waals surface area contributed by atoms with Crippen LogP contribution in [0.3, 0.4) is 0 Å². The van der Waals surface area contributed by atoms with E-state index < -0.39 is 22.0 Å². The van der Waals surface area contributed by atoms with E-state index in [0.29, 0.717) is 12.2 Å². The Hall–Kier alpha value is -2.52. The van der Waals surface area contributed by atoms with Gasteiger partial charge in [0, 0.05) is 16.5 Å². The molecule has 0 N–H and O–H groups in total. The first-order valence-electron chi connectivity index (χ1n) is 8.60. The molecule has 0 radical (unpaired) electrons. The number of carbonyl (C=O) groups excluding carboxylic acids is 1. The molecular weight excluding hydrogens is 446 g/mol. The third-order valence-corrected chi connectivity index (χ3v) is 6.94. The van der Waals surface area contributed by atoms with Gasteiger partial charge in [0.25, 0.3) is 15.9 Å². The summed E-state index contributed by atoms with van der Waals surface area (Å²) in [6.07, 6.45) is 0.400. The van der Waals surface area contributed by atoms with Crippen LogP contribution in [0.4, 0.5) is 0 Å². The van der Waals surface area contributed by atoms with E-state index in [0.717, 1.165) is 19.9 Å². The summed E-state index contributed by atoms with van der Waals surface area (Å²) < 4.78 is 33.2.